The van der Waals surface area contributed by atoms with Crippen molar-refractivity contribution in [3.05, 3.63) is 52.3 Å². The quantitative estimate of drug-likeness (QED) is 0.603. The molecule has 0 bridgehead atoms. The summed E-state index contributed by atoms with van der Waals surface area (Å²) in [5.74, 6) is -0.0450. The van der Waals surface area contributed by atoms with Crippen molar-refractivity contribution in [2.75, 3.05) is 11.9 Å². The summed E-state index contributed by atoms with van der Waals surface area (Å²) in [6.07, 6.45) is 4.72. The lowest BCUT2D eigenvalue weighted by molar-refractivity contribution is -0.133. The average Bonchev–Trinajstić information content (AvgIpc) is 3.47. The third kappa shape index (κ3) is 5.49. The van der Waals surface area contributed by atoms with E-state index < -0.39 is 0 Å². The van der Waals surface area contributed by atoms with Crippen LogP contribution in [0.2, 0.25) is 10.0 Å². The molecule has 0 saturated heterocycles. The molecular weight excluding hydrogens is 423 g/mol. The molecule has 0 spiro atoms. The largest absolute Gasteiger partial charge is 0.353 e. The summed E-state index contributed by atoms with van der Waals surface area (Å²) in [6, 6.07) is 8.69. The molecule has 2 aromatic rings. The van der Waals surface area contributed by atoms with Crippen molar-refractivity contribution >= 4 is 40.8 Å². The number of nitrogens with zero attached hydrogens (tertiary/aromatic N) is 3. The number of carbonyl (C=O) groups is 2. The molecule has 1 aliphatic carbocycles. The number of halogens is 2. The highest BCUT2D eigenvalue weighted by molar-refractivity contribution is 6.36. The van der Waals surface area contributed by atoms with Gasteiger partial charge in [0.2, 0.25) is 5.91 Å². The number of amides is 3. The van der Waals surface area contributed by atoms with Crippen LogP contribution in [0.25, 0.3) is 0 Å². The van der Waals surface area contributed by atoms with Crippen molar-refractivity contribution in [2.45, 2.75) is 51.7 Å². The Morgan fingerprint density at radius 3 is 2.57 bits per heavy atom. The van der Waals surface area contributed by atoms with Gasteiger partial charge in [0.1, 0.15) is 6.54 Å². The molecule has 1 unspecified atom stereocenters. The van der Waals surface area contributed by atoms with Crippen LogP contribution in [0.4, 0.5) is 10.5 Å². The number of benzene rings is 1. The van der Waals surface area contributed by atoms with Gasteiger partial charge in [0, 0.05) is 36.0 Å². The SMILES string of the molecule is CCC(C)N(CC(=O)N(Cc1cccn1C)C1CC1)C(=O)Nc1ccc(Cl)cc1Cl. The Hall–Kier alpha value is -2.18. The summed E-state index contributed by atoms with van der Waals surface area (Å²) in [6.45, 7) is 4.50. The van der Waals surface area contributed by atoms with Crippen LogP contribution in [-0.2, 0) is 18.4 Å². The van der Waals surface area contributed by atoms with E-state index in [4.69, 9.17) is 23.2 Å². The number of rotatable bonds is 8. The van der Waals surface area contributed by atoms with Crippen molar-refractivity contribution < 1.29 is 9.59 Å². The normalized spacial score (nSPS) is 14.3. The Labute approximate surface area is 187 Å². The summed E-state index contributed by atoms with van der Waals surface area (Å²) in [7, 11) is 1.97. The lowest BCUT2D eigenvalue weighted by Gasteiger charge is -2.31. The maximum absolute atomic E-state index is 13.2. The highest BCUT2D eigenvalue weighted by Gasteiger charge is 2.35. The van der Waals surface area contributed by atoms with E-state index in [0.717, 1.165) is 25.0 Å². The fourth-order valence-corrected chi connectivity index (χ4v) is 3.76. The Bertz CT molecular complexity index is 910. The Kier molecular flexibility index (Phi) is 7.32. The Morgan fingerprint density at radius 1 is 1.27 bits per heavy atom. The number of hydrogen-bond acceptors (Lipinski definition) is 2. The molecule has 1 fully saturated rings. The highest BCUT2D eigenvalue weighted by atomic mass is 35.5. The monoisotopic (exact) mass is 450 g/mol. The van der Waals surface area contributed by atoms with Gasteiger partial charge in [-0.3, -0.25) is 4.79 Å². The fourth-order valence-electron chi connectivity index (χ4n) is 3.31. The number of carbonyl (C=O) groups excluding carboxylic acids is 2. The molecule has 162 valence electrons. The maximum Gasteiger partial charge on any atom is 0.322 e. The first-order chi connectivity index (χ1) is 14.3. The van der Waals surface area contributed by atoms with E-state index in [9.17, 15) is 9.59 Å². The van der Waals surface area contributed by atoms with Gasteiger partial charge < -0.3 is 19.7 Å². The van der Waals surface area contributed by atoms with E-state index in [2.05, 4.69) is 5.32 Å². The Morgan fingerprint density at radius 2 is 2.00 bits per heavy atom. The van der Waals surface area contributed by atoms with Crippen LogP contribution in [0.15, 0.2) is 36.5 Å². The zero-order valence-corrected chi connectivity index (χ0v) is 19.1. The van der Waals surface area contributed by atoms with Gasteiger partial charge in [0.15, 0.2) is 0 Å². The molecule has 1 atom stereocenters. The Balaban J connectivity index is 1.73. The number of hydrogen-bond donors (Lipinski definition) is 1. The van der Waals surface area contributed by atoms with E-state index in [1.165, 1.54) is 0 Å². The van der Waals surface area contributed by atoms with E-state index in [1.807, 2.05) is 48.7 Å². The topological polar surface area (TPSA) is 57.6 Å². The lowest BCUT2D eigenvalue weighted by atomic mass is 10.2. The smallest absolute Gasteiger partial charge is 0.322 e. The van der Waals surface area contributed by atoms with Gasteiger partial charge in [-0.25, -0.2) is 4.79 Å². The third-order valence-corrected chi connectivity index (χ3v) is 6.10. The summed E-state index contributed by atoms with van der Waals surface area (Å²) in [5.41, 5.74) is 1.54. The predicted molar refractivity (Wildman–Crippen MR) is 121 cm³/mol. The number of aryl methyl sites for hydroxylation is 1. The third-order valence-electron chi connectivity index (χ3n) is 5.55. The van der Waals surface area contributed by atoms with Crippen molar-refractivity contribution in [1.29, 1.82) is 0 Å². The van der Waals surface area contributed by atoms with Gasteiger partial charge in [0.25, 0.3) is 0 Å². The molecule has 1 saturated carbocycles. The van der Waals surface area contributed by atoms with Crippen molar-refractivity contribution in [1.82, 2.24) is 14.4 Å². The first-order valence-electron chi connectivity index (χ1n) is 10.2. The van der Waals surface area contributed by atoms with Crippen molar-refractivity contribution in [3.63, 3.8) is 0 Å². The average molecular weight is 451 g/mol. The molecule has 1 aromatic carbocycles. The van der Waals surface area contributed by atoms with Crippen LogP contribution >= 0.6 is 23.2 Å². The molecule has 1 aliphatic rings. The second-order valence-corrected chi connectivity index (χ2v) is 8.65. The fraction of sp³-hybridized carbons (Fsp3) is 0.455. The van der Waals surface area contributed by atoms with Crippen LogP contribution in [-0.4, -0.2) is 44.9 Å². The predicted octanol–water partition coefficient (Wildman–Crippen LogP) is 5.16. The molecule has 1 heterocycles. The summed E-state index contributed by atoms with van der Waals surface area (Å²) in [5, 5.41) is 3.67. The van der Waals surface area contributed by atoms with E-state index in [-0.39, 0.29) is 30.6 Å². The second-order valence-electron chi connectivity index (χ2n) is 7.80. The molecule has 30 heavy (non-hydrogen) atoms. The molecule has 8 heteroatoms. The van der Waals surface area contributed by atoms with Gasteiger partial charge in [-0.1, -0.05) is 30.1 Å². The number of anilines is 1. The highest BCUT2D eigenvalue weighted by Crippen LogP contribution is 2.29. The number of urea groups is 1. The second kappa shape index (κ2) is 9.75. The lowest BCUT2D eigenvalue weighted by Crippen LogP contribution is -2.48. The minimum atomic E-state index is -0.350. The minimum Gasteiger partial charge on any atom is -0.353 e. The molecule has 3 rings (SSSR count). The zero-order valence-electron chi connectivity index (χ0n) is 17.6. The molecule has 1 N–H and O–H groups in total. The summed E-state index contributed by atoms with van der Waals surface area (Å²) < 4.78 is 2.02. The maximum atomic E-state index is 13.2. The first-order valence-corrected chi connectivity index (χ1v) is 11.0. The molecule has 6 nitrogen and oxygen atoms in total. The zero-order chi connectivity index (χ0) is 21.8. The van der Waals surface area contributed by atoms with Gasteiger partial charge in [-0.15, -0.1) is 0 Å². The van der Waals surface area contributed by atoms with Crippen LogP contribution in [0.5, 0.6) is 0 Å². The summed E-state index contributed by atoms with van der Waals surface area (Å²) in [4.78, 5) is 29.7. The molecule has 0 radical (unpaired) electrons. The van der Waals surface area contributed by atoms with E-state index in [0.29, 0.717) is 22.3 Å². The van der Waals surface area contributed by atoms with Crippen molar-refractivity contribution in [3.8, 4) is 0 Å². The van der Waals surface area contributed by atoms with Gasteiger partial charge in [-0.2, -0.15) is 0 Å². The molecule has 0 aliphatic heterocycles. The van der Waals surface area contributed by atoms with Crippen LogP contribution in [0.3, 0.4) is 0 Å². The summed E-state index contributed by atoms with van der Waals surface area (Å²) >= 11 is 12.1. The minimum absolute atomic E-state index is 0.0208. The first kappa shape index (κ1) is 22.5. The van der Waals surface area contributed by atoms with Crippen LogP contribution < -0.4 is 5.32 Å². The number of aromatic nitrogens is 1. The molecule has 3 amide bonds. The number of nitrogens with one attached hydrogen (secondary N) is 1. The van der Waals surface area contributed by atoms with Gasteiger partial charge in [-0.05, 0) is 56.5 Å². The van der Waals surface area contributed by atoms with Crippen LogP contribution in [0.1, 0.15) is 38.8 Å². The standard InChI is InChI=1S/C22H28Cl2N4O2/c1-4-15(2)27(22(30)25-20-10-7-16(23)12-19(20)24)14-21(29)28(17-8-9-17)13-18-6-5-11-26(18)3/h5-7,10-12,15,17H,4,8-9,13-14H2,1-3H3,(H,25,30). The molecule has 1 aromatic heterocycles. The van der Waals surface area contributed by atoms with Crippen molar-refractivity contribution in [2.24, 2.45) is 7.05 Å². The van der Waals surface area contributed by atoms with Gasteiger partial charge in [0.05, 0.1) is 17.3 Å². The molecular formula is C22H28Cl2N4O2. The van der Waals surface area contributed by atoms with Crippen LogP contribution in [0, 0.1) is 0 Å². The van der Waals surface area contributed by atoms with E-state index >= 15 is 0 Å². The van der Waals surface area contributed by atoms with Gasteiger partial charge >= 0.3 is 6.03 Å². The van der Waals surface area contributed by atoms with E-state index in [1.54, 1.807) is 23.1 Å².